The molecule has 3 rings (SSSR count). The number of carbonyl (C=O) groups excluding carboxylic acids is 1. The Morgan fingerprint density at radius 1 is 1.21 bits per heavy atom. The average Bonchev–Trinajstić information content (AvgIpc) is 2.82. The summed E-state index contributed by atoms with van der Waals surface area (Å²) in [6.45, 7) is 1.62. The maximum absolute atomic E-state index is 13.3. The van der Waals surface area contributed by atoms with Gasteiger partial charge in [-0.3, -0.25) is 4.79 Å². The Kier molecular flexibility index (Phi) is 4.15. The maximum Gasteiger partial charge on any atom is 0.240 e. The summed E-state index contributed by atoms with van der Waals surface area (Å²) in [5.41, 5.74) is 2.77. The molecule has 1 heterocycles. The lowest BCUT2D eigenvalue weighted by molar-refractivity contribution is -0.117. The molecule has 7 heteroatoms. The molecule has 5 nitrogen and oxygen atoms in total. The van der Waals surface area contributed by atoms with E-state index >= 15 is 0 Å². The molecular formula is C17H17FN2O3S. The molecule has 0 saturated heterocycles. The summed E-state index contributed by atoms with van der Waals surface area (Å²) in [6, 6.07) is 9.10. The van der Waals surface area contributed by atoms with Gasteiger partial charge in [-0.15, -0.1) is 0 Å². The average molecular weight is 348 g/mol. The summed E-state index contributed by atoms with van der Waals surface area (Å²) in [5, 5.41) is 0. The number of nitrogens with zero attached hydrogens (tertiary/aromatic N) is 1. The molecule has 1 aliphatic rings. The highest BCUT2D eigenvalue weighted by Crippen LogP contribution is 2.28. The van der Waals surface area contributed by atoms with Crippen LogP contribution < -0.4 is 9.62 Å². The fraction of sp³-hybridized carbons (Fsp3) is 0.235. The molecular weight excluding hydrogens is 331 g/mol. The fourth-order valence-electron chi connectivity index (χ4n) is 2.68. The predicted molar refractivity (Wildman–Crippen MR) is 88.7 cm³/mol. The minimum atomic E-state index is -3.73. The first-order valence-electron chi connectivity index (χ1n) is 7.42. The Morgan fingerprint density at radius 3 is 2.67 bits per heavy atom. The highest BCUT2D eigenvalue weighted by atomic mass is 32.2. The summed E-state index contributed by atoms with van der Waals surface area (Å²) in [6.07, 6.45) is 0.323. The molecule has 0 radical (unpaired) electrons. The molecule has 0 atom stereocenters. The smallest absolute Gasteiger partial charge is 0.240 e. The van der Waals surface area contributed by atoms with Crippen molar-refractivity contribution >= 4 is 21.6 Å². The minimum Gasteiger partial charge on any atom is -0.315 e. The van der Waals surface area contributed by atoms with E-state index in [-0.39, 0.29) is 22.9 Å². The van der Waals surface area contributed by atoms with Crippen LogP contribution in [0.25, 0.3) is 0 Å². The van der Waals surface area contributed by atoms with Gasteiger partial charge in [0.1, 0.15) is 5.82 Å². The predicted octanol–water partition coefficient (Wildman–Crippen LogP) is 2.13. The second-order valence-electron chi connectivity index (χ2n) is 5.83. The van der Waals surface area contributed by atoms with Crippen molar-refractivity contribution in [3.8, 4) is 0 Å². The van der Waals surface area contributed by atoms with Gasteiger partial charge in [-0.2, -0.15) is 0 Å². The van der Waals surface area contributed by atoms with E-state index in [4.69, 9.17) is 0 Å². The third-order valence-corrected chi connectivity index (χ3v) is 5.53. The highest BCUT2D eigenvalue weighted by Gasteiger charge is 2.24. The molecule has 0 fully saturated rings. The van der Waals surface area contributed by atoms with Crippen LogP contribution >= 0.6 is 0 Å². The van der Waals surface area contributed by atoms with E-state index in [1.807, 2.05) is 12.1 Å². The fourth-order valence-corrected chi connectivity index (χ4v) is 3.78. The Hall–Kier alpha value is -2.25. The second-order valence-corrected chi connectivity index (χ2v) is 7.60. The van der Waals surface area contributed by atoms with E-state index in [1.165, 1.54) is 19.1 Å². The van der Waals surface area contributed by atoms with E-state index in [1.54, 1.807) is 18.0 Å². The number of nitrogens with one attached hydrogen (secondary N) is 1. The molecule has 126 valence electrons. The van der Waals surface area contributed by atoms with Crippen LogP contribution in [0.2, 0.25) is 0 Å². The zero-order valence-electron chi connectivity index (χ0n) is 13.3. The van der Waals surface area contributed by atoms with Crippen molar-refractivity contribution in [1.29, 1.82) is 0 Å². The quantitative estimate of drug-likeness (QED) is 0.920. The number of anilines is 1. The largest absolute Gasteiger partial charge is 0.315 e. The van der Waals surface area contributed by atoms with E-state index in [9.17, 15) is 17.6 Å². The van der Waals surface area contributed by atoms with Gasteiger partial charge in [0.15, 0.2) is 0 Å². The number of fused-ring (bicyclic) bond motifs is 1. The molecule has 0 unspecified atom stereocenters. The van der Waals surface area contributed by atoms with Crippen molar-refractivity contribution in [2.75, 3.05) is 11.9 Å². The Morgan fingerprint density at radius 2 is 1.96 bits per heavy atom. The molecule has 2 aromatic rings. The molecule has 1 N–H and O–H groups in total. The number of halogens is 1. The minimum absolute atomic E-state index is 0.0181. The first-order valence-corrected chi connectivity index (χ1v) is 8.90. The van der Waals surface area contributed by atoms with Gasteiger partial charge >= 0.3 is 0 Å². The topological polar surface area (TPSA) is 66.5 Å². The number of rotatable bonds is 4. The molecule has 0 spiro atoms. The van der Waals surface area contributed by atoms with Crippen molar-refractivity contribution in [2.24, 2.45) is 0 Å². The van der Waals surface area contributed by atoms with Crippen molar-refractivity contribution in [3.05, 3.63) is 58.9 Å². The number of aryl methyl sites for hydroxylation is 1. The van der Waals surface area contributed by atoms with Gasteiger partial charge in [-0.1, -0.05) is 12.1 Å². The third kappa shape index (κ3) is 3.05. The van der Waals surface area contributed by atoms with Crippen LogP contribution in [0.15, 0.2) is 41.3 Å². The van der Waals surface area contributed by atoms with Crippen molar-refractivity contribution in [2.45, 2.75) is 24.8 Å². The summed E-state index contributed by atoms with van der Waals surface area (Å²) in [7, 11) is -2.01. The Labute approximate surface area is 140 Å². The summed E-state index contributed by atoms with van der Waals surface area (Å²) >= 11 is 0. The van der Waals surface area contributed by atoms with Gasteiger partial charge in [0.05, 0.1) is 11.3 Å². The number of hydrogen-bond donors (Lipinski definition) is 1. The SMILES string of the molecule is Cc1cc(S(=O)(=O)NCc2ccc3c(c2)CC(=O)N3C)ccc1F. The number of hydrogen-bond acceptors (Lipinski definition) is 3. The maximum atomic E-state index is 13.3. The van der Waals surface area contributed by atoms with E-state index in [0.29, 0.717) is 6.42 Å². The van der Waals surface area contributed by atoms with Gasteiger partial charge in [-0.05, 0) is 47.9 Å². The van der Waals surface area contributed by atoms with Crippen LogP contribution in [0.3, 0.4) is 0 Å². The molecule has 0 aliphatic carbocycles. The standard InChI is InChI=1S/C17H17FN2O3S/c1-11-7-14(4-5-15(11)18)24(22,23)19-10-12-3-6-16-13(8-12)9-17(21)20(16)2/h3-8,19H,9-10H2,1-2H3. The van der Waals surface area contributed by atoms with Gasteiger partial charge in [-0.25, -0.2) is 17.5 Å². The van der Waals surface area contributed by atoms with Crippen LogP contribution in [-0.2, 0) is 27.8 Å². The summed E-state index contributed by atoms with van der Waals surface area (Å²) < 4.78 is 40.4. The van der Waals surface area contributed by atoms with Crippen LogP contribution in [0, 0.1) is 12.7 Å². The zero-order chi connectivity index (χ0) is 17.5. The molecule has 24 heavy (non-hydrogen) atoms. The van der Waals surface area contributed by atoms with Crippen LogP contribution in [0.5, 0.6) is 0 Å². The van der Waals surface area contributed by atoms with Gasteiger partial charge in [0.2, 0.25) is 15.9 Å². The Bertz CT molecular complexity index is 925. The monoisotopic (exact) mass is 348 g/mol. The van der Waals surface area contributed by atoms with Gasteiger partial charge in [0.25, 0.3) is 0 Å². The lowest BCUT2D eigenvalue weighted by atomic mass is 10.1. The molecule has 0 aromatic heterocycles. The Balaban J connectivity index is 1.77. The van der Waals surface area contributed by atoms with Gasteiger partial charge in [0, 0.05) is 19.3 Å². The van der Waals surface area contributed by atoms with E-state index < -0.39 is 15.8 Å². The lowest BCUT2D eigenvalue weighted by Crippen LogP contribution is -2.23. The van der Waals surface area contributed by atoms with Crippen LogP contribution in [-0.4, -0.2) is 21.4 Å². The van der Waals surface area contributed by atoms with Crippen molar-refractivity contribution in [1.82, 2.24) is 4.72 Å². The normalized spacial score (nSPS) is 14.1. The molecule has 2 aromatic carbocycles. The van der Waals surface area contributed by atoms with Crippen LogP contribution in [0.4, 0.5) is 10.1 Å². The molecule has 1 amide bonds. The molecule has 0 saturated carbocycles. The van der Waals surface area contributed by atoms with Crippen molar-refractivity contribution in [3.63, 3.8) is 0 Å². The first kappa shape index (κ1) is 16.6. The molecule has 0 bridgehead atoms. The lowest BCUT2D eigenvalue weighted by Gasteiger charge is -2.11. The third-order valence-electron chi connectivity index (χ3n) is 4.13. The van der Waals surface area contributed by atoms with E-state index in [2.05, 4.69) is 4.72 Å². The number of carbonyl (C=O) groups is 1. The number of likely N-dealkylation sites (N-methyl/N-ethyl adjacent to an activating group) is 1. The number of sulfonamides is 1. The van der Waals surface area contributed by atoms with Crippen molar-refractivity contribution < 1.29 is 17.6 Å². The zero-order valence-corrected chi connectivity index (χ0v) is 14.2. The summed E-state index contributed by atoms with van der Waals surface area (Å²) in [4.78, 5) is 13.3. The highest BCUT2D eigenvalue weighted by molar-refractivity contribution is 7.89. The molecule has 1 aliphatic heterocycles. The number of amides is 1. The van der Waals surface area contributed by atoms with Crippen LogP contribution in [0.1, 0.15) is 16.7 Å². The summed E-state index contributed by atoms with van der Waals surface area (Å²) in [5.74, 6) is -0.425. The first-order chi connectivity index (χ1) is 11.3. The van der Waals surface area contributed by atoms with E-state index in [0.717, 1.165) is 22.9 Å². The van der Waals surface area contributed by atoms with Gasteiger partial charge < -0.3 is 4.90 Å². The number of benzene rings is 2. The second kappa shape index (κ2) is 5.99.